The van der Waals surface area contributed by atoms with Crippen molar-refractivity contribution in [3.63, 3.8) is 0 Å². The highest BCUT2D eigenvalue weighted by Crippen LogP contribution is 2.31. The number of hydrogen-bond acceptors (Lipinski definition) is 4. The van der Waals surface area contributed by atoms with Gasteiger partial charge in [-0.25, -0.2) is 8.42 Å². The molecule has 11 heteroatoms. The van der Waals surface area contributed by atoms with Crippen molar-refractivity contribution in [3.8, 4) is 0 Å². The van der Waals surface area contributed by atoms with Gasteiger partial charge in [0, 0.05) is 17.6 Å². The molecule has 224 valence electrons. The van der Waals surface area contributed by atoms with E-state index in [1.54, 1.807) is 42.5 Å². The third-order valence-corrected chi connectivity index (χ3v) is 10.2. The predicted octanol–water partition coefficient (Wildman–Crippen LogP) is 7.10. The Labute approximate surface area is 262 Å². The Balaban J connectivity index is 1.71. The zero-order valence-electron chi connectivity index (χ0n) is 23.3. The number of carbonyl (C=O) groups excluding carboxylic acids is 2. The molecular formula is C31H34Cl3N3O4S. The number of sulfonamides is 1. The Morgan fingerprint density at radius 2 is 1.57 bits per heavy atom. The Morgan fingerprint density at radius 3 is 2.19 bits per heavy atom. The summed E-state index contributed by atoms with van der Waals surface area (Å²) in [6.07, 6.45) is 5.37. The van der Waals surface area contributed by atoms with Crippen LogP contribution in [-0.2, 0) is 26.2 Å². The van der Waals surface area contributed by atoms with E-state index >= 15 is 0 Å². The molecule has 4 rings (SSSR count). The number of carbonyl (C=O) groups is 2. The SMILES string of the molecule is CC[C@H](C(=O)NC1CCCCC1)N(Cc1ccc(Cl)cc1)C(=O)CN(c1ccc(Cl)c(Cl)c1)S(=O)(=O)c1ccccc1. The number of nitrogens with one attached hydrogen (secondary N) is 1. The molecule has 3 aromatic carbocycles. The van der Waals surface area contributed by atoms with E-state index in [-0.39, 0.29) is 39.1 Å². The third kappa shape index (κ3) is 7.98. The van der Waals surface area contributed by atoms with Crippen LogP contribution in [0.4, 0.5) is 5.69 Å². The minimum absolute atomic E-state index is 0.00945. The van der Waals surface area contributed by atoms with Crippen LogP contribution in [0.25, 0.3) is 0 Å². The Kier molecular flexibility index (Phi) is 11.2. The summed E-state index contributed by atoms with van der Waals surface area (Å²) in [6, 6.07) is 18.5. The fraction of sp³-hybridized carbons (Fsp3) is 0.355. The van der Waals surface area contributed by atoms with Gasteiger partial charge in [-0.2, -0.15) is 0 Å². The van der Waals surface area contributed by atoms with Gasteiger partial charge in [0.1, 0.15) is 12.6 Å². The Hall–Kier alpha value is -2.78. The monoisotopic (exact) mass is 649 g/mol. The van der Waals surface area contributed by atoms with Crippen molar-refractivity contribution in [2.45, 2.75) is 69.0 Å². The standard InChI is InChI=1S/C31H34Cl3N3O4S/c1-2-29(31(39)35-24-9-5-3-6-10-24)36(20-22-13-15-23(32)16-14-22)30(38)21-37(25-17-18-27(33)28(34)19-25)42(40,41)26-11-7-4-8-12-26/h4,7-8,11-19,24,29H,2-3,5-6,9-10,20-21H2,1H3,(H,35,39)/t29-/m1/s1. The van der Waals surface area contributed by atoms with Crippen molar-refractivity contribution in [2.24, 2.45) is 0 Å². The summed E-state index contributed by atoms with van der Waals surface area (Å²) < 4.78 is 28.8. The molecule has 0 spiro atoms. The van der Waals surface area contributed by atoms with Gasteiger partial charge in [-0.1, -0.05) is 91.3 Å². The number of rotatable bonds is 11. The first-order chi connectivity index (χ1) is 20.1. The number of anilines is 1. The molecule has 0 aromatic heterocycles. The zero-order chi connectivity index (χ0) is 30.3. The summed E-state index contributed by atoms with van der Waals surface area (Å²) in [6.45, 7) is 1.37. The number of amides is 2. The van der Waals surface area contributed by atoms with Crippen molar-refractivity contribution in [2.75, 3.05) is 10.8 Å². The summed E-state index contributed by atoms with van der Waals surface area (Å²) >= 11 is 18.5. The van der Waals surface area contributed by atoms with Gasteiger partial charge in [0.25, 0.3) is 10.0 Å². The maximum Gasteiger partial charge on any atom is 0.264 e. The lowest BCUT2D eigenvalue weighted by atomic mass is 9.95. The van der Waals surface area contributed by atoms with E-state index < -0.39 is 28.5 Å². The van der Waals surface area contributed by atoms with E-state index in [0.29, 0.717) is 11.4 Å². The second-order valence-corrected chi connectivity index (χ2v) is 13.5. The number of hydrogen-bond donors (Lipinski definition) is 1. The zero-order valence-corrected chi connectivity index (χ0v) is 26.4. The molecule has 1 atom stereocenters. The normalized spacial score (nSPS) is 14.7. The number of benzene rings is 3. The Bertz CT molecular complexity index is 1480. The second kappa shape index (κ2) is 14.6. The first-order valence-corrected chi connectivity index (χ1v) is 16.5. The molecule has 7 nitrogen and oxygen atoms in total. The third-order valence-electron chi connectivity index (χ3n) is 7.40. The van der Waals surface area contributed by atoms with Gasteiger partial charge >= 0.3 is 0 Å². The maximum absolute atomic E-state index is 14.2. The second-order valence-electron chi connectivity index (χ2n) is 10.3. The topological polar surface area (TPSA) is 86.8 Å². The van der Waals surface area contributed by atoms with Crippen LogP contribution >= 0.6 is 34.8 Å². The highest BCUT2D eigenvalue weighted by molar-refractivity contribution is 7.92. The lowest BCUT2D eigenvalue weighted by Gasteiger charge is -2.34. The molecule has 0 unspecified atom stereocenters. The van der Waals surface area contributed by atoms with Crippen molar-refractivity contribution in [1.82, 2.24) is 10.2 Å². The van der Waals surface area contributed by atoms with E-state index in [1.807, 2.05) is 6.92 Å². The quantitative estimate of drug-likeness (QED) is 0.240. The van der Waals surface area contributed by atoms with Gasteiger partial charge < -0.3 is 10.2 Å². The lowest BCUT2D eigenvalue weighted by molar-refractivity contribution is -0.140. The van der Waals surface area contributed by atoms with Crippen LogP contribution in [0.5, 0.6) is 0 Å². The summed E-state index contributed by atoms with van der Waals surface area (Å²) in [5.41, 5.74) is 0.927. The van der Waals surface area contributed by atoms with Crippen LogP contribution < -0.4 is 9.62 Å². The molecular weight excluding hydrogens is 617 g/mol. The molecule has 1 aliphatic rings. The van der Waals surface area contributed by atoms with Crippen LogP contribution in [-0.4, -0.2) is 43.8 Å². The maximum atomic E-state index is 14.2. The summed E-state index contributed by atoms with van der Waals surface area (Å²) in [5.74, 6) is -0.792. The average Bonchev–Trinajstić information content (AvgIpc) is 2.99. The van der Waals surface area contributed by atoms with Crippen LogP contribution in [0, 0.1) is 0 Å². The minimum atomic E-state index is -4.20. The van der Waals surface area contributed by atoms with Crippen LogP contribution in [0.2, 0.25) is 15.1 Å². The first-order valence-electron chi connectivity index (χ1n) is 14.0. The highest BCUT2D eigenvalue weighted by Gasteiger charge is 2.34. The van der Waals surface area contributed by atoms with E-state index in [1.165, 1.54) is 35.2 Å². The van der Waals surface area contributed by atoms with Gasteiger partial charge in [-0.15, -0.1) is 0 Å². The van der Waals surface area contributed by atoms with Gasteiger partial charge in [0.2, 0.25) is 11.8 Å². The van der Waals surface area contributed by atoms with Crippen LogP contribution in [0.1, 0.15) is 51.0 Å². The molecule has 0 bridgehead atoms. The largest absolute Gasteiger partial charge is 0.352 e. The molecule has 1 saturated carbocycles. The Morgan fingerprint density at radius 1 is 0.905 bits per heavy atom. The molecule has 2 amide bonds. The first kappa shape index (κ1) is 32.1. The van der Waals surface area contributed by atoms with Gasteiger partial charge in [-0.05, 0) is 67.3 Å². The molecule has 1 N–H and O–H groups in total. The molecule has 1 aliphatic carbocycles. The van der Waals surface area contributed by atoms with E-state index in [2.05, 4.69) is 5.32 Å². The highest BCUT2D eigenvalue weighted by atomic mass is 35.5. The molecule has 0 radical (unpaired) electrons. The summed E-state index contributed by atoms with van der Waals surface area (Å²) in [4.78, 5) is 29.2. The van der Waals surface area contributed by atoms with Crippen LogP contribution in [0.3, 0.4) is 0 Å². The molecule has 3 aromatic rings. The summed E-state index contributed by atoms with van der Waals surface area (Å²) in [7, 11) is -4.20. The van der Waals surface area contributed by atoms with Gasteiger partial charge in [0.05, 0.1) is 20.6 Å². The smallest absolute Gasteiger partial charge is 0.264 e. The molecule has 0 aliphatic heterocycles. The number of halogens is 3. The molecule has 0 saturated heterocycles. The van der Waals surface area contributed by atoms with Crippen molar-refractivity contribution in [3.05, 3.63) is 93.4 Å². The van der Waals surface area contributed by atoms with Crippen molar-refractivity contribution < 1.29 is 18.0 Å². The van der Waals surface area contributed by atoms with E-state index in [9.17, 15) is 18.0 Å². The van der Waals surface area contributed by atoms with Gasteiger partial charge in [-0.3, -0.25) is 13.9 Å². The molecule has 0 heterocycles. The van der Waals surface area contributed by atoms with E-state index in [0.717, 1.165) is 42.0 Å². The average molecular weight is 651 g/mol. The molecule has 1 fully saturated rings. The minimum Gasteiger partial charge on any atom is -0.352 e. The lowest BCUT2D eigenvalue weighted by Crippen LogP contribution is -2.54. The molecule has 42 heavy (non-hydrogen) atoms. The summed E-state index contributed by atoms with van der Waals surface area (Å²) in [5, 5.41) is 4.07. The predicted molar refractivity (Wildman–Crippen MR) is 169 cm³/mol. The number of nitrogens with zero attached hydrogens (tertiary/aromatic N) is 2. The van der Waals surface area contributed by atoms with Crippen molar-refractivity contribution in [1.29, 1.82) is 0 Å². The fourth-order valence-electron chi connectivity index (χ4n) is 5.14. The van der Waals surface area contributed by atoms with Gasteiger partial charge in [0.15, 0.2) is 0 Å². The van der Waals surface area contributed by atoms with E-state index in [4.69, 9.17) is 34.8 Å². The fourth-order valence-corrected chi connectivity index (χ4v) is 6.98. The van der Waals surface area contributed by atoms with Crippen molar-refractivity contribution >= 4 is 62.3 Å². The van der Waals surface area contributed by atoms with Crippen LogP contribution in [0.15, 0.2) is 77.7 Å².